The van der Waals surface area contributed by atoms with Crippen LogP contribution < -0.4 is 25.8 Å². The molecule has 0 spiro atoms. The average Bonchev–Trinajstić information content (AvgIpc) is 3.19. The maximum Gasteiger partial charge on any atom is 0.198 e. The van der Waals surface area contributed by atoms with E-state index in [9.17, 15) is 27.2 Å². The number of ether oxygens (including phenoxy) is 2. The molecule has 2 aromatic heterocycles. The zero-order valence-corrected chi connectivity index (χ0v) is 32.5. The lowest BCUT2D eigenvalue weighted by Gasteiger charge is -2.10. The van der Waals surface area contributed by atoms with Crippen molar-refractivity contribution in [2.45, 2.75) is 19.4 Å². The lowest BCUT2D eigenvalue weighted by Crippen LogP contribution is -2.29. The number of ketones is 2. The van der Waals surface area contributed by atoms with E-state index in [4.69, 9.17) is 15.2 Å². The number of nitrogens with zero attached hydrogens (tertiary/aromatic N) is 2. The summed E-state index contributed by atoms with van der Waals surface area (Å²) in [4.78, 5) is 34.0. The van der Waals surface area contributed by atoms with Gasteiger partial charge in [0, 0.05) is 45.7 Å². The first-order valence-electron chi connectivity index (χ1n) is 16.9. The molecule has 0 radical (unpaired) electrons. The molecule has 57 heavy (non-hydrogen) atoms. The summed E-state index contributed by atoms with van der Waals surface area (Å²) < 4.78 is 64.8. The Morgan fingerprint density at radius 3 is 1.56 bits per heavy atom. The number of halogens is 5. The Kier molecular flexibility index (Phi) is 13.4. The van der Waals surface area contributed by atoms with Crippen LogP contribution in [0.3, 0.4) is 0 Å². The van der Waals surface area contributed by atoms with Gasteiger partial charge in [0.2, 0.25) is 0 Å². The molecule has 0 fully saturated rings. The summed E-state index contributed by atoms with van der Waals surface area (Å²) in [6.07, 6.45) is 2.75. The predicted octanol–water partition coefficient (Wildman–Crippen LogP) is 9.54. The second-order valence-corrected chi connectivity index (χ2v) is 13.7. The highest BCUT2D eigenvalue weighted by molar-refractivity contribution is 9.10. The first kappa shape index (κ1) is 41.6. The molecule has 6 aromatic rings. The third-order valence-corrected chi connectivity index (χ3v) is 8.31. The Labute approximate surface area is 334 Å². The van der Waals surface area contributed by atoms with Crippen LogP contribution in [0.4, 0.5) is 40.6 Å². The number of hydrogen-bond donors (Lipinski definition) is 3. The zero-order chi connectivity index (χ0) is 41.3. The molecule has 0 atom stereocenters. The third kappa shape index (κ3) is 11.3. The third-order valence-electron chi connectivity index (χ3n) is 7.82. The molecule has 4 aromatic carbocycles. The predicted molar refractivity (Wildman–Crippen MR) is 213 cm³/mol. The Bertz CT molecular complexity index is 2480. The van der Waals surface area contributed by atoms with Gasteiger partial charge in [-0.05, 0) is 98.8 Å². The highest BCUT2D eigenvalue weighted by atomic mass is 79.9. The number of rotatable bonds is 10. The number of nitrogens with two attached hydrogens (primary N) is 1. The fourth-order valence-electron chi connectivity index (χ4n) is 5.03. The van der Waals surface area contributed by atoms with Crippen molar-refractivity contribution in [1.29, 1.82) is 0 Å². The van der Waals surface area contributed by atoms with Crippen LogP contribution in [0, 0.1) is 35.1 Å². The molecule has 9 nitrogen and oxygen atoms in total. The molecule has 14 heteroatoms. The largest absolute Gasteiger partial charge is 0.496 e. The number of aromatic nitrogens is 2. The van der Waals surface area contributed by atoms with Crippen LogP contribution in [0.15, 0.2) is 114 Å². The molecule has 0 unspecified atom stereocenters. The van der Waals surface area contributed by atoms with Crippen molar-refractivity contribution >= 4 is 50.5 Å². The molecule has 2 heterocycles. The summed E-state index contributed by atoms with van der Waals surface area (Å²) in [6.45, 7) is 3.57. The van der Waals surface area contributed by atoms with Gasteiger partial charge in [0.15, 0.2) is 11.6 Å². The van der Waals surface area contributed by atoms with E-state index in [0.29, 0.717) is 51.0 Å². The van der Waals surface area contributed by atoms with Gasteiger partial charge < -0.3 is 25.8 Å². The van der Waals surface area contributed by atoms with Gasteiger partial charge in [-0.25, -0.2) is 27.5 Å². The van der Waals surface area contributed by atoms with E-state index in [2.05, 4.69) is 48.4 Å². The summed E-state index contributed by atoms with van der Waals surface area (Å²) in [5.41, 5.74) is 7.41. The minimum Gasteiger partial charge on any atom is -0.496 e. The standard InChI is InChI=1S/C24H21F2N3O2.C19H13BrF2N2O2/c1-24(2,27)11-10-15-4-8-21(31-3)18(12-15)23(30)16-5-9-22(28-14-16)29-20-7-6-17(25)13-19(20)26;1-26-17-6-3-12(20)8-14(17)19(25)11-2-7-18(23-10-11)24-16-5-4-13(21)9-15(16)22/h4-9,12-14H,27H2,1-3H3,(H,28,29);2-10H,1H3,(H,23,24). The van der Waals surface area contributed by atoms with Gasteiger partial charge in [-0.2, -0.15) is 0 Å². The van der Waals surface area contributed by atoms with Gasteiger partial charge in [0.1, 0.15) is 46.4 Å². The van der Waals surface area contributed by atoms with E-state index >= 15 is 0 Å². The molecule has 0 amide bonds. The summed E-state index contributed by atoms with van der Waals surface area (Å²) in [5.74, 6) is 3.99. The number of benzene rings is 4. The van der Waals surface area contributed by atoms with Crippen molar-refractivity contribution in [3.63, 3.8) is 0 Å². The molecule has 4 N–H and O–H groups in total. The van der Waals surface area contributed by atoms with Crippen molar-refractivity contribution in [2.24, 2.45) is 5.73 Å². The molecule has 0 bridgehead atoms. The topological polar surface area (TPSA) is 128 Å². The molecular formula is C43H34BrF4N5O4. The van der Waals surface area contributed by atoms with Crippen LogP contribution in [0.2, 0.25) is 0 Å². The van der Waals surface area contributed by atoms with E-state index in [-0.39, 0.29) is 22.9 Å². The smallest absolute Gasteiger partial charge is 0.198 e. The molecule has 0 saturated carbocycles. The van der Waals surface area contributed by atoms with Crippen molar-refractivity contribution in [1.82, 2.24) is 9.97 Å². The van der Waals surface area contributed by atoms with Gasteiger partial charge in [0.25, 0.3) is 0 Å². The molecule has 290 valence electrons. The van der Waals surface area contributed by atoms with E-state index in [1.54, 1.807) is 68.4 Å². The number of anilines is 4. The monoisotopic (exact) mass is 839 g/mol. The molecule has 0 aliphatic rings. The SMILES string of the molecule is COc1ccc(Br)cc1C(=O)c1ccc(Nc2ccc(F)cc2F)nc1.COc1ccc(C#CC(C)(C)N)cc1C(=O)c1ccc(Nc2ccc(F)cc2F)nc1. The zero-order valence-electron chi connectivity index (χ0n) is 30.9. The van der Waals surface area contributed by atoms with Crippen LogP contribution >= 0.6 is 15.9 Å². The molecule has 0 saturated heterocycles. The van der Waals surface area contributed by atoms with Gasteiger partial charge in [-0.1, -0.05) is 27.8 Å². The fourth-order valence-corrected chi connectivity index (χ4v) is 5.39. The highest BCUT2D eigenvalue weighted by Crippen LogP contribution is 2.27. The first-order chi connectivity index (χ1) is 27.1. The van der Waals surface area contributed by atoms with Crippen molar-refractivity contribution in [3.05, 3.63) is 165 Å². The molecular weight excluding hydrogens is 806 g/mol. The van der Waals surface area contributed by atoms with Crippen LogP contribution in [0.25, 0.3) is 0 Å². The van der Waals surface area contributed by atoms with Gasteiger partial charge in [0.05, 0.1) is 42.3 Å². The van der Waals surface area contributed by atoms with Crippen LogP contribution in [-0.4, -0.2) is 41.3 Å². The van der Waals surface area contributed by atoms with Crippen LogP contribution in [-0.2, 0) is 0 Å². The minimum atomic E-state index is -0.745. The van der Waals surface area contributed by atoms with E-state index in [1.807, 2.05) is 0 Å². The second kappa shape index (κ2) is 18.4. The quantitative estimate of drug-likeness (QED) is 0.0702. The maximum absolute atomic E-state index is 13.8. The number of pyridine rings is 2. The van der Waals surface area contributed by atoms with Crippen LogP contribution in [0.5, 0.6) is 11.5 Å². The van der Waals surface area contributed by atoms with Crippen molar-refractivity contribution in [2.75, 3.05) is 24.9 Å². The lowest BCUT2D eigenvalue weighted by molar-refractivity contribution is 0.102. The van der Waals surface area contributed by atoms with Gasteiger partial charge in [-0.3, -0.25) is 9.59 Å². The van der Waals surface area contributed by atoms with E-state index in [0.717, 1.165) is 28.7 Å². The first-order valence-corrected chi connectivity index (χ1v) is 17.7. The number of methoxy groups -OCH3 is 2. The van der Waals surface area contributed by atoms with Gasteiger partial charge in [-0.15, -0.1) is 0 Å². The average molecular weight is 841 g/mol. The number of hydrogen-bond acceptors (Lipinski definition) is 9. The van der Waals surface area contributed by atoms with Crippen molar-refractivity contribution < 1.29 is 36.6 Å². The van der Waals surface area contributed by atoms with Crippen LogP contribution in [0.1, 0.15) is 51.3 Å². The fraction of sp³-hybridized carbons (Fsp3) is 0.116. The Morgan fingerprint density at radius 1 is 0.667 bits per heavy atom. The number of carbonyl (C=O) groups excluding carboxylic acids is 2. The maximum atomic E-state index is 13.8. The van der Waals surface area contributed by atoms with E-state index in [1.165, 1.54) is 44.8 Å². The number of carbonyl (C=O) groups is 2. The van der Waals surface area contributed by atoms with Crippen molar-refractivity contribution in [3.8, 4) is 23.3 Å². The highest BCUT2D eigenvalue weighted by Gasteiger charge is 2.18. The van der Waals surface area contributed by atoms with Gasteiger partial charge >= 0.3 is 0 Å². The Hall–Kier alpha value is -6.56. The summed E-state index contributed by atoms with van der Waals surface area (Å²) in [5, 5.41) is 5.49. The minimum absolute atomic E-state index is 0.0729. The second-order valence-electron chi connectivity index (χ2n) is 12.8. The number of nitrogens with one attached hydrogen (secondary N) is 2. The molecule has 0 aliphatic carbocycles. The summed E-state index contributed by atoms with van der Waals surface area (Å²) >= 11 is 3.33. The molecule has 0 aliphatic heterocycles. The molecule has 6 rings (SSSR count). The summed E-state index contributed by atoms with van der Waals surface area (Å²) in [7, 11) is 2.96. The normalized spacial score (nSPS) is 10.6. The lowest BCUT2D eigenvalue weighted by atomic mass is 10.0. The Morgan fingerprint density at radius 2 is 1.14 bits per heavy atom. The Balaban J connectivity index is 0.000000221. The summed E-state index contributed by atoms with van der Waals surface area (Å²) in [6, 6.07) is 22.8. The van der Waals surface area contributed by atoms with E-state index < -0.39 is 28.8 Å².